The quantitative estimate of drug-likeness (QED) is 0.768. The van der Waals surface area contributed by atoms with Crippen LogP contribution in [0.2, 0.25) is 0 Å². The molecule has 2 aromatic rings. The number of aldehydes is 1. The highest BCUT2D eigenvalue weighted by Gasteiger charge is 1.99. The molecule has 0 fully saturated rings. The fourth-order valence-electron chi connectivity index (χ4n) is 1.14. The zero-order valence-corrected chi connectivity index (χ0v) is 8.81. The number of nitrogens with zero attached hydrogens (tertiary/aromatic N) is 2. The molecule has 0 amide bonds. The van der Waals surface area contributed by atoms with Crippen LogP contribution >= 0.6 is 15.9 Å². The summed E-state index contributed by atoms with van der Waals surface area (Å²) in [6.45, 7) is 0. The summed E-state index contributed by atoms with van der Waals surface area (Å²) >= 11 is 3.35. The molecule has 0 spiro atoms. The topological polar surface area (TPSA) is 34.9 Å². The van der Waals surface area contributed by atoms with Crippen LogP contribution in [0.3, 0.4) is 0 Å². The molecule has 0 saturated heterocycles. The smallest absolute Gasteiger partial charge is 0.170 e. The standard InChI is InChI=1S/C10H7BrN2O/c11-8-1-3-10(4-2-8)13-6-5-9(7-14)12-13/h1-7H. The molecule has 14 heavy (non-hydrogen) atoms. The molecular weight excluding hydrogens is 244 g/mol. The summed E-state index contributed by atoms with van der Waals surface area (Å²) in [6, 6.07) is 9.38. The lowest BCUT2D eigenvalue weighted by Gasteiger charge is -1.99. The predicted molar refractivity (Wildman–Crippen MR) is 56.7 cm³/mol. The largest absolute Gasteiger partial charge is 0.296 e. The zero-order chi connectivity index (χ0) is 9.97. The van der Waals surface area contributed by atoms with Gasteiger partial charge in [-0.05, 0) is 30.3 Å². The number of carbonyl (C=O) groups excluding carboxylic acids is 1. The summed E-state index contributed by atoms with van der Waals surface area (Å²) in [7, 11) is 0. The fourth-order valence-corrected chi connectivity index (χ4v) is 1.40. The second kappa shape index (κ2) is 3.75. The van der Waals surface area contributed by atoms with Gasteiger partial charge in [0.25, 0.3) is 0 Å². The molecule has 0 saturated carbocycles. The summed E-state index contributed by atoms with van der Waals surface area (Å²) in [5.41, 5.74) is 1.37. The van der Waals surface area contributed by atoms with E-state index >= 15 is 0 Å². The van der Waals surface area contributed by atoms with Crippen molar-refractivity contribution < 1.29 is 4.79 Å². The van der Waals surface area contributed by atoms with Crippen LogP contribution in [0, 0.1) is 0 Å². The van der Waals surface area contributed by atoms with E-state index < -0.39 is 0 Å². The molecule has 2 rings (SSSR count). The van der Waals surface area contributed by atoms with Gasteiger partial charge in [-0.15, -0.1) is 0 Å². The number of rotatable bonds is 2. The SMILES string of the molecule is O=Cc1ccn(-c2ccc(Br)cc2)n1. The molecule has 70 valence electrons. The molecule has 1 aromatic heterocycles. The molecule has 0 aliphatic rings. The van der Waals surface area contributed by atoms with E-state index in [1.54, 1.807) is 16.9 Å². The molecule has 0 radical (unpaired) electrons. The number of halogens is 1. The third-order valence-electron chi connectivity index (χ3n) is 1.82. The maximum Gasteiger partial charge on any atom is 0.170 e. The van der Waals surface area contributed by atoms with Crippen LogP contribution in [0.5, 0.6) is 0 Å². The number of aromatic nitrogens is 2. The Bertz CT molecular complexity index is 447. The zero-order valence-electron chi connectivity index (χ0n) is 7.22. The number of carbonyl (C=O) groups is 1. The lowest BCUT2D eigenvalue weighted by Crippen LogP contribution is -1.94. The van der Waals surface area contributed by atoms with Crippen molar-refractivity contribution in [3.05, 3.63) is 46.7 Å². The van der Waals surface area contributed by atoms with Gasteiger partial charge in [0.2, 0.25) is 0 Å². The molecule has 3 nitrogen and oxygen atoms in total. The molecule has 1 heterocycles. The molecule has 0 aliphatic heterocycles. The molecule has 1 aromatic carbocycles. The number of hydrogen-bond donors (Lipinski definition) is 0. The highest BCUT2D eigenvalue weighted by molar-refractivity contribution is 9.10. The summed E-state index contributed by atoms with van der Waals surface area (Å²) in [4.78, 5) is 10.4. The van der Waals surface area contributed by atoms with Gasteiger partial charge in [-0.1, -0.05) is 15.9 Å². The second-order valence-electron chi connectivity index (χ2n) is 2.78. The predicted octanol–water partition coefficient (Wildman–Crippen LogP) is 2.45. The van der Waals surface area contributed by atoms with Crippen molar-refractivity contribution >= 4 is 22.2 Å². The molecule has 0 bridgehead atoms. The van der Waals surface area contributed by atoms with Gasteiger partial charge in [0, 0.05) is 10.7 Å². The van der Waals surface area contributed by atoms with Crippen molar-refractivity contribution in [1.29, 1.82) is 0 Å². The Kier molecular flexibility index (Phi) is 2.45. The minimum Gasteiger partial charge on any atom is -0.296 e. The fraction of sp³-hybridized carbons (Fsp3) is 0. The van der Waals surface area contributed by atoms with Gasteiger partial charge in [-0.3, -0.25) is 4.79 Å². The van der Waals surface area contributed by atoms with E-state index in [1.807, 2.05) is 24.3 Å². The highest BCUT2D eigenvalue weighted by Crippen LogP contribution is 2.13. The van der Waals surface area contributed by atoms with Gasteiger partial charge in [-0.25, -0.2) is 4.68 Å². The van der Waals surface area contributed by atoms with E-state index in [-0.39, 0.29) is 0 Å². The second-order valence-corrected chi connectivity index (χ2v) is 3.70. The molecule has 0 N–H and O–H groups in total. The van der Waals surface area contributed by atoms with Gasteiger partial charge < -0.3 is 0 Å². The van der Waals surface area contributed by atoms with Crippen molar-refractivity contribution in [2.24, 2.45) is 0 Å². The van der Waals surface area contributed by atoms with Crippen molar-refractivity contribution in [3.8, 4) is 5.69 Å². The van der Waals surface area contributed by atoms with Crippen LogP contribution in [-0.4, -0.2) is 16.1 Å². The summed E-state index contributed by atoms with van der Waals surface area (Å²) in [6.07, 6.45) is 2.49. The van der Waals surface area contributed by atoms with Crippen LogP contribution < -0.4 is 0 Å². The molecule has 4 heteroatoms. The summed E-state index contributed by atoms with van der Waals surface area (Å²) in [5, 5.41) is 4.06. The Hall–Kier alpha value is -1.42. The van der Waals surface area contributed by atoms with E-state index in [1.165, 1.54) is 0 Å². The highest BCUT2D eigenvalue weighted by atomic mass is 79.9. The monoisotopic (exact) mass is 250 g/mol. The van der Waals surface area contributed by atoms with Gasteiger partial charge in [0.05, 0.1) is 5.69 Å². The first-order valence-electron chi connectivity index (χ1n) is 4.06. The van der Waals surface area contributed by atoms with E-state index in [2.05, 4.69) is 21.0 Å². The number of hydrogen-bond acceptors (Lipinski definition) is 2. The molecule has 0 atom stereocenters. The normalized spacial score (nSPS) is 10.1. The lowest BCUT2D eigenvalue weighted by molar-refractivity contribution is 0.111. The van der Waals surface area contributed by atoms with Crippen molar-refractivity contribution in [1.82, 2.24) is 9.78 Å². The van der Waals surface area contributed by atoms with Crippen LogP contribution in [-0.2, 0) is 0 Å². The average molecular weight is 251 g/mol. The first kappa shape index (κ1) is 9.15. The average Bonchev–Trinajstić information content (AvgIpc) is 2.67. The molecular formula is C10H7BrN2O. The van der Waals surface area contributed by atoms with Gasteiger partial charge in [0.15, 0.2) is 6.29 Å². The van der Waals surface area contributed by atoms with Crippen LogP contribution in [0.25, 0.3) is 5.69 Å². The Morgan fingerprint density at radius 1 is 1.21 bits per heavy atom. The Morgan fingerprint density at radius 2 is 1.93 bits per heavy atom. The van der Waals surface area contributed by atoms with Crippen LogP contribution in [0.4, 0.5) is 0 Å². The summed E-state index contributed by atoms with van der Waals surface area (Å²) < 4.78 is 2.68. The lowest BCUT2D eigenvalue weighted by atomic mass is 10.3. The molecule has 0 unspecified atom stereocenters. The van der Waals surface area contributed by atoms with Crippen molar-refractivity contribution in [2.45, 2.75) is 0 Å². The van der Waals surface area contributed by atoms with Gasteiger partial charge >= 0.3 is 0 Å². The first-order valence-corrected chi connectivity index (χ1v) is 4.86. The number of benzene rings is 1. The first-order chi connectivity index (χ1) is 6.79. The maximum absolute atomic E-state index is 10.4. The summed E-state index contributed by atoms with van der Waals surface area (Å²) in [5.74, 6) is 0. The van der Waals surface area contributed by atoms with Crippen LogP contribution in [0.15, 0.2) is 41.0 Å². The van der Waals surface area contributed by atoms with Crippen molar-refractivity contribution in [3.63, 3.8) is 0 Å². The third kappa shape index (κ3) is 1.75. The Balaban J connectivity index is 2.39. The van der Waals surface area contributed by atoms with E-state index in [0.29, 0.717) is 5.69 Å². The van der Waals surface area contributed by atoms with Crippen LogP contribution in [0.1, 0.15) is 10.5 Å². The van der Waals surface area contributed by atoms with Gasteiger partial charge in [-0.2, -0.15) is 5.10 Å². The molecule has 0 aliphatic carbocycles. The van der Waals surface area contributed by atoms with Crippen molar-refractivity contribution in [2.75, 3.05) is 0 Å². The van der Waals surface area contributed by atoms with Gasteiger partial charge in [0.1, 0.15) is 5.69 Å². The minimum absolute atomic E-state index is 0.438. The van der Waals surface area contributed by atoms with E-state index in [4.69, 9.17) is 0 Å². The van der Waals surface area contributed by atoms with E-state index in [0.717, 1.165) is 16.4 Å². The maximum atomic E-state index is 10.4. The third-order valence-corrected chi connectivity index (χ3v) is 2.35. The Morgan fingerprint density at radius 3 is 2.50 bits per heavy atom. The van der Waals surface area contributed by atoms with E-state index in [9.17, 15) is 4.79 Å². The Labute approximate surface area is 89.5 Å². The minimum atomic E-state index is 0.438.